The largest absolute Gasteiger partial charge is 0.0993 e. The zero-order valence-corrected chi connectivity index (χ0v) is 12.5. The molecule has 1 unspecified atom stereocenters. The third-order valence-electron chi connectivity index (χ3n) is 3.43. The molecule has 1 heteroatoms. The van der Waals surface area contributed by atoms with Gasteiger partial charge in [-0.1, -0.05) is 71.9 Å². The van der Waals surface area contributed by atoms with Gasteiger partial charge in [-0.15, -0.1) is 0 Å². The fourth-order valence-electron chi connectivity index (χ4n) is 2.16. The van der Waals surface area contributed by atoms with Crippen molar-refractivity contribution in [2.24, 2.45) is 0 Å². The van der Waals surface area contributed by atoms with Gasteiger partial charge in [0.1, 0.15) is 0 Å². The van der Waals surface area contributed by atoms with Gasteiger partial charge in [0, 0.05) is 5.66 Å². The summed E-state index contributed by atoms with van der Waals surface area (Å²) < 4.78 is 0. The number of benzene rings is 1. The van der Waals surface area contributed by atoms with E-state index in [1.807, 2.05) is 0 Å². The average molecular weight is 250 g/mol. The Morgan fingerprint density at radius 1 is 0.941 bits per heavy atom. The molecule has 0 saturated heterocycles. The van der Waals surface area contributed by atoms with E-state index in [9.17, 15) is 0 Å². The summed E-state index contributed by atoms with van der Waals surface area (Å²) >= 11 is 0. The first-order valence-corrected chi connectivity index (χ1v) is 8.86. The summed E-state index contributed by atoms with van der Waals surface area (Å²) in [5.74, 6) is 0. The fraction of sp³-hybridized carbons (Fsp3) is 0.625. The van der Waals surface area contributed by atoms with Crippen LogP contribution in [0.4, 0.5) is 0 Å². The van der Waals surface area contributed by atoms with Crippen molar-refractivity contribution in [1.29, 1.82) is 0 Å². The summed E-state index contributed by atoms with van der Waals surface area (Å²) in [6, 6.07) is 11.1. The van der Waals surface area contributed by atoms with Gasteiger partial charge in [0.25, 0.3) is 0 Å². The van der Waals surface area contributed by atoms with Crippen molar-refractivity contribution in [3.8, 4) is 0 Å². The highest BCUT2D eigenvalue weighted by Gasteiger charge is 2.16. The van der Waals surface area contributed by atoms with Crippen molar-refractivity contribution in [2.75, 3.05) is 12.3 Å². The molecule has 1 atom stereocenters. The van der Waals surface area contributed by atoms with Gasteiger partial charge in [0.2, 0.25) is 0 Å². The van der Waals surface area contributed by atoms with Crippen LogP contribution in [0.25, 0.3) is 0 Å². The summed E-state index contributed by atoms with van der Waals surface area (Å²) in [5, 5.41) is 0. The third-order valence-corrected chi connectivity index (χ3v) is 6.60. The van der Waals surface area contributed by atoms with Crippen LogP contribution in [0.3, 0.4) is 0 Å². The smallest absolute Gasteiger partial charge is 0.00134 e. The second kappa shape index (κ2) is 8.70. The molecular weight excluding hydrogens is 223 g/mol. The number of rotatable bonds is 8. The highest BCUT2D eigenvalue weighted by Crippen LogP contribution is 2.51. The Bertz CT molecular complexity index is 273. The van der Waals surface area contributed by atoms with Crippen LogP contribution >= 0.6 is 7.92 Å². The summed E-state index contributed by atoms with van der Waals surface area (Å²) in [4.78, 5) is 0. The summed E-state index contributed by atoms with van der Waals surface area (Å²) in [6.45, 7) is 7.05. The second-order valence-electron chi connectivity index (χ2n) is 4.83. The molecule has 0 bridgehead atoms. The van der Waals surface area contributed by atoms with Crippen molar-refractivity contribution >= 4 is 7.92 Å². The van der Waals surface area contributed by atoms with Crippen LogP contribution in [0, 0.1) is 0 Å². The van der Waals surface area contributed by atoms with Crippen LogP contribution in [0.15, 0.2) is 30.3 Å². The topological polar surface area (TPSA) is 0 Å². The molecule has 0 heterocycles. The van der Waals surface area contributed by atoms with E-state index >= 15 is 0 Å². The van der Waals surface area contributed by atoms with Crippen LogP contribution in [-0.4, -0.2) is 12.3 Å². The maximum Gasteiger partial charge on any atom is 0.00134 e. The number of unbranched alkanes of at least 4 members (excludes halogenated alkanes) is 2. The Balaban J connectivity index is 2.61. The van der Waals surface area contributed by atoms with E-state index in [0.29, 0.717) is 0 Å². The molecule has 0 aliphatic carbocycles. The molecule has 0 amide bonds. The lowest BCUT2D eigenvalue weighted by molar-refractivity contribution is 0.855. The predicted molar refractivity (Wildman–Crippen MR) is 81.3 cm³/mol. The number of hydrogen-bond donors (Lipinski definition) is 0. The predicted octanol–water partition coefficient (Wildman–Crippen LogP) is 5.83. The van der Waals surface area contributed by atoms with Crippen LogP contribution in [0.1, 0.15) is 57.7 Å². The average Bonchev–Trinajstić information content (AvgIpc) is 2.39. The van der Waals surface area contributed by atoms with Crippen LogP contribution in [0.5, 0.6) is 0 Å². The van der Waals surface area contributed by atoms with E-state index in [1.165, 1.54) is 38.0 Å². The lowest BCUT2D eigenvalue weighted by Gasteiger charge is -2.25. The van der Waals surface area contributed by atoms with Gasteiger partial charge in [-0.3, -0.25) is 0 Å². The van der Waals surface area contributed by atoms with E-state index in [1.54, 1.807) is 5.56 Å². The highest BCUT2D eigenvalue weighted by atomic mass is 31.1. The van der Waals surface area contributed by atoms with Crippen molar-refractivity contribution in [3.63, 3.8) is 0 Å². The lowest BCUT2D eigenvalue weighted by Crippen LogP contribution is -1.99. The SMILES string of the molecule is CCCCP(CCCC)C(C)c1ccccc1. The molecule has 0 saturated carbocycles. The van der Waals surface area contributed by atoms with Crippen LogP contribution in [0.2, 0.25) is 0 Å². The Morgan fingerprint density at radius 2 is 1.47 bits per heavy atom. The summed E-state index contributed by atoms with van der Waals surface area (Å²) in [7, 11) is 0.190. The van der Waals surface area contributed by atoms with Crippen LogP contribution in [-0.2, 0) is 0 Å². The van der Waals surface area contributed by atoms with Crippen molar-refractivity contribution < 1.29 is 0 Å². The fourth-order valence-corrected chi connectivity index (χ4v) is 5.20. The van der Waals surface area contributed by atoms with Gasteiger partial charge in [-0.25, -0.2) is 0 Å². The molecule has 0 N–H and O–H groups in total. The molecule has 0 radical (unpaired) electrons. The van der Waals surface area contributed by atoms with Gasteiger partial charge in [0.05, 0.1) is 0 Å². The highest BCUT2D eigenvalue weighted by molar-refractivity contribution is 7.58. The maximum absolute atomic E-state index is 2.44. The van der Waals surface area contributed by atoms with Gasteiger partial charge < -0.3 is 0 Å². The van der Waals surface area contributed by atoms with Crippen LogP contribution < -0.4 is 0 Å². The second-order valence-corrected chi connectivity index (χ2v) is 7.68. The third kappa shape index (κ3) is 5.21. The molecule has 0 fully saturated rings. The first-order valence-electron chi connectivity index (χ1n) is 7.08. The molecule has 0 aliphatic heterocycles. The summed E-state index contributed by atoms with van der Waals surface area (Å²) in [5.41, 5.74) is 2.33. The molecule has 17 heavy (non-hydrogen) atoms. The molecule has 0 aromatic heterocycles. The standard InChI is InChI=1S/C16H27P/c1-4-6-13-17(14-7-5-2)15(3)16-11-9-8-10-12-16/h8-12,15H,4-7,13-14H2,1-3H3. The Morgan fingerprint density at radius 3 is 1.94 bits per heavy atom. The zero-order valence-electron chi connectivity index (χ0n) is 11.7. The minimum absolute atomic E-state index is 0.190. The van der Waals surface area contributed by atoms with E-state index in [-0.39, 0.29) is 7.92 Å². The molecule has 96 valence electrons. The Hall–Kier alpha value is -0.350. The molecule has 0 spiro atoms. The number of hydrogen-bond acceptors (Lipinski definition) is 0. The van der Waals surface area contributed by atoms with E-state index in [4.69, 9.17) is 0 Å². The Labute approximate surface area is 109 Å². The Kier molecular flexibility index (Phi) is 7.53. The van der Waals surface area contributed by atoms with Gasteiger partial charge in [-0.2, -0.15) is 0 Å². The first kappa shape index (κ1) is 14.7. The quantitative estimate of drug-likeness (QED) is 0.509. The molecular formula is C16H27P. The van der Waals surface area contributed by atoms with Crippen molar-refractivity contribution in [3.05, 3.63) is 35.9 Å². The molecule has 1 rings (SSSR count). The molecule has 1 aromatic rings. The van der Waals surface area contributed by atoms with Gasteiger partial charge in [-0.05, 0) is 30.7 Å². The first-order chi connectivity index (χ1) is 8.29. The lowest BCUT2D eigenvalue weighted by atomic mass is 10.2. The van der Waals surface area contributed by atoms with E-state index < -0.39 is 0 Å². The molecule has 0 nitrogen and oxygen atoms in total. The molecule has 0 aliphatic rings. The zero-order chi connectivity index (χ0) is 12.5. The van der Waals surface area contributed by atoms with Gasteiger partial charge in [0.15, 0.2) is 0 Å². The maximum atomic E-state index is 2.44. The van der Waals surface area contributed by atoms with Crippen molar-refractivity contribution in [2.45, 2.75) is 52.1 Å². The molecule has 1 aromatic carbocycles. The summed E-state index contributed by atoms with van der Waals surface area (Å²) in [6.07, 6.45) is 8.42. The minimum atomic E-state index is 0.190. The monoisotopic (exact) mass is 250 g/mol. The van der Waals surface area contributed by atoms with E-state index in [2.05, 4.69) is 51.1 Å². The van der Waals surface area contributed by atoms with Gasteiger partial charge >= 0.3 is 0 Å². The van der Waals surface area contributed by atoms with E-state index in [0.717, 1.165) is 5.66 Å². The minimum Gasteiger partial charge on any atom is -0.0993 e. The van der Waals surface area contributed by atoms with Crippen molar-refractivity contribution in [1.82, 2.24) is 0 Å². The normalized spacial score (nSPS) is 12.9.